The molecule has 2 aliphatic rings. The highest BCUT2D eigenvalue weighted by atomic mass is 16.2. The number of pyridine rings is 1. The van der Waals surface area contributed by atoms with E-state index in [-0.39, 0.29) is 6.03 Å². The molecule has 2 amide bonds. The van der Waals surface area contributed by atoms with Gasteiger partial charge in [-0.05, 0) is 30.5 Å². The first kappa shape index (κ1) is 16.1. The van der Waals surface area contributed by atoms with Gasteiger partial charge in [-0.25, -0.2) is 9.78 Å². The fraction of sp³-hybridized carbons (Fsp3) is 0.500. The van der Waals surface area contributed by atoms with Gasteiger partial charge in [0.25, 0.3) is 0 Å². The number of aryl methyl sites for hydroxylation is 1. The summed E-state index contributed by atoms with van der Waals surface area (Å²) in [6.07, 6.45) is 9.45. The number of aromatic nitrogens is 3. The lowest BCUT2D eigenvalue weighted by Gasteiger charge is -2.42. The normalized spacial score (nSPS) is 18.8. The standard InChI is InChI=1S/C18H24N6O/c1-22-13-15(12-20-22)14-5-6-19-17(11-14)21-18(25)24-9-7-23(8-10-24)16-3-2-4-16/h5-6,11-13,16H,2-4,7-10H2,1H3,(H,19,21,25). The van der Waals surface area contributed by atoms with E-state index in [0.717, 1.165) is 43.3 Å². The van der Waals surface area contributed by atoms with Crippen LogP contribution < -0.4 is 5.32 Å². The second kappa shape index (κ2) is 6.84. The SMILES string of the molecule is Cn1cc(-c2ccnc(NC(=O)N3CCN(C4CCC4)CC3)c2)cn1. The number of carbonyl (C=O) groups excluding carboxylic acids is 1. The lowest BCUT2D eigenvalue weighted by Crippen LogP contribution is -2.54. The molecule has 25 heavy (non-hydrogen) atoms. The summed E-state index contributed by atoms with van der Waals surface area (Å²) in [5.41, 5.74) is 2.00. The Labute approximate surface area is 147 Å². The Kier molecular flexibility index (Phi) is 4.40. The average molecular weight is 340 g/mol. The van der Waals surface area contributed by atoms with Crippen molar-refractivity contribution in [2.75, 3.05) is 31.5 Å². The molecular formula is C18H24N6O. The van der Waals surface area contributed by atoms with Crippen LogP contribution in [0.2, 0.25) is 0 Å². The van der Waals surface area contributed by atoms with Gasteiger partial charge in [0.2, 0.25) is 0 Å². The van der Waals surface area contributed by atoms with Crippen molar-refractivity contribution in [2.24, 2.45) is 7.05 Å². The molecule has 0 bridgehead atoms. The molecule has 1 saturated heterocycles. The van der Waals surface area contributed by atoms with Gasteiger partial charge in [0.1, 0.15) is 5.82 Å². The van der Waals surface area contributed by atoms with Crippen molar-refractivity contribution in [1.29, 1.82) is 0 Å². The number of nitrogens with zero attached hydrogens (tertiary/aromatic N) is 5. The molecule has 7 nitrogen and oxygen atoms in total. The minimum atomic E-state index is -0.0657. The Morgan fingerprint density at radius 3 is 2.64 bits per heavy atom. The second-order valence-corrected chi connectivity index (χ2v) is 6.87. The first-order chi connectivity index (χ1) is 12.2. The van der Waals surface area contributed by atoms with Gasteiger partial charge in [0.05, 0.1) is 6.20 Å². The van der Waals surface area contributed by atoms with Gasteiger partial charge in [0, 0.05) is 57.2 Å². The van der Waals surface area contributed by atoms with E-state index < -0.39 is 0 Å². The molecule has 132 valence electrons. The Morgan fingerprint density at radius 1 is 1.20 bits per heavy atom. The predicted octanol–water partition coefficient (Wildman–Crippen LogP) is 2.18. The number of rotatable bonds is 3. The summed E-state index contributed by atoms with van der Waals surface area (Å²) in [6.45, 7) is 3.51. The fourth-order valence-electron chi connectivity index (χ4n) is 3.48. The summed E-state index contributed by atoms with van der Waals surface area (Å²) < 4.78 is 1.76. The molecule has 0 unspecified atom stereocenters. The molecule has 0 atom stereocenters. The highest BCUT2D eigenvalue weighted by molar-refractivity contribution is 5.89. The summed E-state index contributed by atoms with van der Waals surface area (Å²) >= 11 is 0. The van der Waals surface area contributed by atoms with Gasteiger partial charge in [-0.2, -0.15) is 5.10 Å². The van der Waals surface area contributed by atoms with E-state index in [9.17, 15) is 4.79 Å². The molecule has 0 spiro atoms. The lowest BCUT2D eigenvalue weighted by atomic mass is 9.91. The van der Waals surface area contributed by atoms with Crippen LogP contribution in [-0.2, 0) is 7.05 Å². The van der Waals surface area contributed by atoms with E-state index in [1.807, 2.05) is 30.3 Å². The average Bonchev–Trinajstić information content (AvgIpc) is 3.01. The Bertz CT molecular complexity index is 746. The van der Waals surface area contributed by atoms with Crippen LogP contribution in [0, 0.1) is 0 Å². The number of hydrogen-bond donors (Lipinski definition) is 1. The quantitative estimate of drug-likeness (QED) is 0.930. The minimum absolute atomic E-state index is 0.0657. The molecule has 0 radical (unpaired) electrons. The van der Waals surface area contributed by atoms with E-state index >= 15 is 0 Å². The summed E-state index contributed by atoms with van der Waals surface area (Å²) in [4.78, 5) is 21.2. The van der Waals surface area contributed by atoms with Crippen LogP contribution in [0.25, 0.3) is 11.1 Å². The fourth-order valence-corrected chi connectivity index (χ4v) is 3.48. The molecule has 2 aromatic rings. The van der Waals surface area contributed by atoms with Crippen LogP contribution in [0.1, 0.15) is 19.3 Å². The Balaban J connectivity index is 1.36. The van der Waals surface area contributed by atoms with Crippen LogP contribution in [0.15, 0.2) is 30.7 Å². The van der Waals surface area contributed by atoms with E-state index in [4.69, 9.17) is 0 Å². The van der Waals surface area contributed by atoms with Gasteiger partial charge >= 0.3 is 6.03 Å². The van der Waals surface area contributed by atoms with E-state index in [0.29, 0.717) is 5.82 Å². The van der Waals surface area contributed by atoms with Crippen LogP contribution in [0.5, 0.6) is 0 Å². The lowest BCUT2D eigenvalue weighted by molar-refractivity contribution is 0.0758. The predicted molar refractivity (Wildman–Crippen MR) is 96.2 cm³/mol. The topological polar surface area (TPSA) is 66.3 Å². The molecule has 2 fully saturated rings. The van der Waals surface area contributed by atoms with Gasteiger partial charge in [-0.15, -0.1) is 0 Å². The minimum Gasteiger partial charge on any atom is -0.322 e. The number of carbonyl (C=O) groups is 1. The summed E-state index contributed by atoms with van der Waals surface area (Å²) in [5, 5.41) is 7.12. The van der Waals surface area contributed by atoms with Crippen LogP contribution in [0.4, 0.5) is 10.6 Å². The smallest absolute Gasteiger partial charge is 0.322 e. The van der Waals surface area contributed by atoms with Crippen molar-refractivity contribution in [3.63, 3.8) is 0 Å². The highest BCUT2D eigenvalue weighted by Gasteiger charge is 2.29. The van der Waals surface area contributed by atoms with Crippen LogP contribution >= 0.6 is 0 Å². The zero-order valence-corrected chi connectivity index (χ0v) is 14.6. The molecule has 4 rings (SSSR count). The monoisotopic (exact) mass is 340 g/mol. The number of piperazine rings is 1. The van der Waals surface area contributed by atoms with Gasteiger partial charge in [-0.1, -0.05) is 6.42 Å². The largest absolute Gasteiger partial charge is 0.323 e. The van der Waals surface area contributed by atoms with Crippen LogP contribution in [0.3, 0.4) is 0 Å². The van der Waals surface area contributed by atoms with Gasteiger partial charge < -0.3 is 4.90 Å². The molecule has 7 heteroatoms. The third-order valence-corrected chi connectivity index (χ3v) is 5.23. The maximum absolute atomic E-state index is 12.5. The summed E-state index contributed by atoms with van der Waals surface area (Å²) in [7, 11) is 1.89. The van der Waals surface area contributed by atoms with Crippen molar-refractivity contribution in [3.05, 3.63) is 30.7 Å². The molecule has 0 aromatic carbocycles. The van der Waals surface area contributed by atoms with Crippen molar-refractivity contribution in [3.8, 4) is 11.1 Å². The van der Waals surface area contributed by atoms with E-state index in [2.05, 4.69) is 20.3 Å². The van der Waals surface area contributed by atoms with Crippen molar-refractivity contribution in [2.45, 2.75) is 25.3 Å². The van der Waals surface area contributed by atoms with Crippen molar-refractivity contribution < 1.29 is 4.79 Å². The maximum Gasteiger partial charge on any atom is 0.323 e. The van der Waals surface area contributed by atoms with Crippen molar-refractivity contribution in [1.82, 2.24) is 24.6 Å². The Morgan fingerprint density at radius 2 is 2.00 bits per heavy atom. The molecule has 1 aliphatic heterocycles. The Hall–Kier alpha value is -2.41. The highest BCUT2D eigenvalue weighted by Crippen LogP contribution is 2.25. The number of amides is 2. The zero-order valence-electron chi connectivity index (χ0n) is 14.6. The molecule has 1 saturated carbocycles. The molecular weight excluding hydrogens is 316 g/mol. The molecule has 3 heterocycles. The van der Waals surface area contributed by atoms with Crippen molar-refractivity contribution >= 4 is 11.8 Å². The van der Waals surface area contributed by atoms with E-state index in [1.165, 1.54) is 19.3 Å². The molecule has 1 aliphatic carbocycles. The third-order valence-electron chi connectivity index (χ3n) is 5.23. The second-order valence-electron chi connectivity index (χ2n) is 6.87. The summed E-state index contributed by atoms with van der Waals surface area (Å²) in [6, 6.07) is 4.50. The zero-order chi connectivity index (χ0) is 17.2. The number of nitrogens with one attached hydrogen (secondary N) is 1. The number of hydrogen-bond acceptors (Lipinski definition) is 4. The summed E-state index contributed by atoms with van der Waals surface area (Å²) in [5.74, 6) is 0.577. The number of anilines is 1. The maximum atomic E-state index is 12.5. The first-order valence-corrected chi connectivity index (χ1v) is 8.94. The van der Waals surface area contributed by atoms with E-state index in [1.54, 1.807) is 17.1 Å². The first-order valence-electron chi connectivity index (χ1n) is 8.94. The van der Waals surface area contributed by atoms with Gasteiger partial charge in [-0.3, -0.25) is 14.9 Å². The third kappa shape index (κ3) is 3.51. The van der Waals surface area contributed by atoms with Crippen LogP contribution in [-0.4, -0.2) is 62.8 Å². The molecule has 2 aromatic heterocycles. The number of urea groups is 1. The molecule has 1 N–H and O–H groups in total. The van der Waals surface area contributed by atoms with Gasteiger partial charge in [0.15, 0.2) is 0 Å².